The van der Waals surface area contributed by atoms with E-state index < -0.39 is 29.7 Å². The first-order chi connectivity index (χ1) is 15.0. The van der Waals surface area contributed by atoms with Gasteiger partial charge in [-0.3, -0.25) is 15.0 Å². The molecular weight excluding hydrogens is 473 g/mol. The highest BCUT2D eigenvalue weighted by molar-refractivity contribution is 8.01. The van der Waals surface area contributed by atoms with Crippen LogP contribution < -0.4 is 20.8 Å². The fraction of sp³-hybridized carbons (Fsp3) is 0.353. The first-order valence-corrected chi connectivity index (χ1v) is 10.8. The van der Waals surface area contributed by atoms with Crippen molar-refractivity contribution in [2.45, 2.75) is 36.5 Å². The Labute approximate surface area is 187 Å². The van der Waals surface area contributed by atoms with E-state index in [0.717, 1.165) is 35.2 Å². The summed E-state index contributed by atoms with van der Waals surface area (Å²) in [5, 5.41) is 14.2. The molecule has 4 amide bonds. The number of urea groups is 1. The molecule has 10 nitrogen and oxygen atoms in total. The number of carbonyl (C=O) groups excluding carboxylic acids is 3. The molecule has 1 fully saturated rings. The van der Waals surface area contributed by atoms with Gasteiger partial charge in [-0.25, -0.2) is 4.79 Å². The maximum Gasteiger partial charge on any atom is 0.573 e. The summed E-state index contributed by atoms with van der Waals surface area (Å²) in [6.45, 7) is 3.31. The SMILES string of the molecule is CCC1(C)NC(=O)N(NC(=O)CSc2nnc(Nc3ccc(OC(F)(F)F)cc3)s2)C1=O. The molecule has 1 aromatic heterocycles. The molecule has 2 aromatic rings. The van der Waals surface area contributed by atoms with Crippen molar-refractivity contribution in [1.29, 1.82) is 0 Å². The van der Waals surface area contributed by atoms with Crippen molar-refractivity contribution in [2.75, 3.05) is 11.1 Å². The Morgan fingerprint density at radius 1 is 1.28 bits per heavy atom. The summed E-state index contributed by atoms with van der Waals surface area (Å²) in [6.07, 6.45) is -4.40. The highest BCUT2D eigenvalue weighted by Crippen LogP contribution is 2.29. The second kappa shape index (κ2) is 9.20. The highest BCUT2D eigenvalue weighted by atomic mass is 32.2. The van der Waals surface area contributed by atoms with Gasteiger partial charge in [-0.1, -0.05) is 30.0 Å². The second-order valence-electron chi connectivity index (χ2n) is 6.65. The van der Waals surface area contributed by atoms with E-state index in [4.69, 9.17) is 0 Å². The van der Waals surface area contributed by atoms with Crippen LogP contribution in [0, 0.1) is 0 Å². The molecule has 1 aliphatic heterocycles. The molecule has 32 heavy (non-hydrogen) atoms. The number of nitrogens with one attached hydrogen (secondary N) is 3. The summed E-state index contributed by atoms with van der Waals surface area (Å²) in [6, 6.07) is 4.36. The number of imide groups is 1. The molecule has 1 aliphatic rings. The third kappa shape index (κ3) is 5.79. The number of halogens is 3. The number of hydrogen-bond donors (Lipinski definition) is 3. The third-order valence-electron chi connectivity index (χ3n) is 4.28. The minimum Gasteiger partial charge on any atom is -0.406 e. The normalized spacial score (nSPS) is 18.5. The standard InChI is InChI=1S/C17H17F3N6O4S2/c1-3-16(2)12(28)26(14(29)22-16)25-11(27)8-31-15-24-23-13(32-15)21-9-4-6-10(7-5-9)30-17(18,19)20/h4-7H,3,8H2,1-2H3,(H,21,23)(H,22,29)(H,25,27). The fourth-order valence-electron chi connectivity index (χ4n) is 2.49. The Balaban J connectivity index is 1.50. The van der Waals surface area contributed by atoms with E-state index >= 15 is 0 Å². The van der Waals surface area contributed by atoms with E-state index in [9.17, 15) is 27.6 Å². The number of amides is 4. The lowest BCUT2D eigenvalue weighted by Gasteiger charge is -2.19. The van der Waals surface area contributed by atoms with Crippen LogP contribution in [0.3, 0.4) is 0 Å². The van der Waals surface area contributed by atoms with Gasteiger partial charge in [0.2, 0.25) is 11.0 Å². The third-order valence-corrected chi connectivity index (χ3v) is 6.25. The van der Waals surface area contributed by atoms with E-state index in [-0.39, 0.29) is 11.5 Å². The summed E-state index contributed by atoms with van der Waals surface area (Å²) in [5.74, 6) is -1.61. The van der Waals surface area contributed by atoms with Crippen molar-refractivity contribution in [3.63, 3.8) is 0 Å². The van der Waals surface area contributed by atoms with Crippen LogP contribution in [0.25, 0.3) is 0 Å². The number of carbonyl (C=O) groups is 3. The molecule has 1 saturated heterocycles. The topological polar surface area (TPSA) is 126 Å². The molecule has 15 heteroatoms. The smallest absolute Gasteiger partial charge is 0.406 e. The first-order valence-electron chi connectivity index (χ1n) is 9.04. The van der Waals surface area contributed by atoms with Crippen molar-refractivity contribution in [2.24, 2.45) is 0 Å². The molecule has 0 radical (unpaired) electrons. The summed E-state index contributed by atoms with van der Waals surface area (Å²) in [5.41, 5.74) is 1.67. The zero-order valence-electron chi connectivity index (χ0n) is 16.6. The minimum absolute atomic E-state index is 0.127. The average molecular weight is 490 g/mol. The zero-order valence-corrected chi connectivity index (χ0v) is 18.3. The minimum atomic E-state index is -4.77. The molecule has 1 unspecified atom stereocenters. The van der Waals surface area contributed by atoms with Gasteiger partial charge in [-0.15, -0.1) is 23.4 Å². The van der Waals surface area contributed by atoms with Gasteiger partial charge in [0.15, 0.2) is 4.34 Å². The van der Waals surface area contributed by atoms with Gasteiger partial charge in [0.05, 0.1) is 5.75 Å². The van der Waals surface area contributed by atoms with Crippen molar-refractivity contribution < 1.29 is 32.3 Å². The Kier molecular flexibility index (Phi) is 6.78. The summed E-state index contributed by atoms with van der Waals surface area (Å²) >= 11 is 2.15. The van der Waals surface area contributed by atoms with Gasteiger partial charge < -0.3 is 15.4 Å². The van der Waals surface area contributed by atoms with E-state index in [1.165, 1.54) is 12.1 Å². The number of rotatable bonds is 8. The number of hydrazine groups is 1. The number of anilines is 2. The number of thioether (sulfide) groups is 1. The maximum absolute atomic E-state index is 12.3. The lowest BCUT2D eigenvalue weighted by molar-refractivity contribution is -0.274. The Morgan fingerprint density at radius 3 is 2.56 bits per heavy atom. The Morgan fingerprint density at radius 2 is 1.97 bits per heavy atom. The lowest BCUT2D eigenvalue weighted by Crippen LogP contribution is -2.49. The summed E-state index contributed by atoms with van der Waals surface area (Å²) in [7, 11) is 0. The van der Waals surface area contributed by atoms with E-state index in [1.807, 2.05) is 0 Å². The fourth-order valence-corrected chi connectivity index (χ4v) is 4.06. The van der Waals surface area contributed by atoms with Gasteiger partial charge in [0.25, 0.3) is 5.91 Å². The number of benzene rings is 1. The molecule has 1 aromatic carbocycles. The van der Waals surface area contributed by atoms with Gasteiger partial charge >= 0.3 is 12.4 Å². The second-order valence-corrected chi connectivity index (χ2v) is 8.85. The van der Waals surface area contributed by atoms with Crippen molar-refractivity contribution in [1.82, 2.24) is 25.9 Å². The van der Waals surface area contributed by atoms with Crippen LogP contribution in [0.2, 0.25) is 0 Å². The zero-order chi connectivity index (χ0) is 23.5. The summed E-state index contributed by atoms with van der Waals surface area (Å²) in [4.78, 5) is 36.3. The molecule has 3 N–H and O–H groups in total. The van der Waals surface area contributed by atoms with Crippen molar-refractivity contribution in [3.8, 4) is 5.75 Å². The van der Waals surface area contributed by atoms with Crippen LogP contribution in [0.15, 0.2) is 28.6 Å². The Bertz CT molecular complexity index is 1020. The van der Waals surface area contributed by atoms with Crippen molar-refractivity contribution >= 4 is 51.8 Å². The average Bonchev–Trinajstić information content (AvgIpc) is 3.25. The van der Waals surface area contributed by atoms with Gasteiger partial charge in [0.1, 0.15) is 11.3 Å². The van der Waals surface area contributed by atoms with Crippen LogP contribution in [-0.2, 0) is 9.59 Å². The van der Waals surface area contributed by atoms with Crippen molar-refractivity contribution in [3.05, 3.63) is 24.3 Å². The van der Waals surface area contributed by atoms with Crippen LogP contribution >= 0.6 is 23.1 Å². The molecule has 0 aliphatic carbocycles. The molecule has 172 valence electrons. The van der Waals surface area contributed by atoms with E-state index in [0.29, 0.717) is 26.6 Å². The number of nitrogens with zero attached hydrogens (tertiary/aromatic N) is 3. The monoisotopic (exact) mass is 490 g/mol. The van der Waals surface area contributed by atoms with Crippen LogP contribution in [-0.4, -0.2) is 50.7 Å². The van der Waals surface area contributed by atoms with Gasteiger partial charge in [0, 0.05) is 5.69 Å². The Hall–Kier alpha value is -3.07. The maximum atomic E-state index is 12.3. The molecular formula is C17H17F3N6O4S2. The molecule has 0 saturated carbocycles. The molecule has 0 spiro atoms. The molecule has 2 heterocycles. The molecule has 0 bridgehead atoms. The first kappa shape index (κ1) is 23.6. The largest absolute Gasteiger partial charge is 0.573 e. The number of hydrogen-bond acceptors (Lipinski definition) is 9. The number of ether oxygens (including phenoxy) is 1. The predicted octanol–water partition coefficient (Wildman–Crippen LogP) is 3.02. The molecule has 3 rings (SSSR count). The van der Waals surface area contributed by atoms with Crippen LogP contribution in [0.4, 0.5) is 28.8 Å². The van der Waals surface area contributed by atoms with Crippen LogP contribution in [0.5, 0.6) is 5.75 Å². The molecule has 1 atom stereocenters. The van der Waals surface area contributed by atoms with Gasteiger partial charge in [-0.05, 0) is 37.6 Å². The predicted molar refractivity (Wildman–Crippen MR) is 109 cm³/mol. The van der Waals surface area contributed by atoms with E-state index in [2.05, 4.69) is 31.0 Å². The quantitative estimate of drug-likeness (QED) is 0.381. The van der Waals surface area contributed by atoms with Gasteiger partial charge in [-0.2, -0.15) is 5.01 Å². The number of aromatic nitrogens is 2. The lowest BCUT2D eigenvalue weighted by atomic mass is 10.00. The van der Waals surface area contributed by atoms with Crippen LogP contribution in [0.1, 0.15) is 20.3 Å². The number of alkyl halides is 3. The van der Waals surface area contributed by atoms with E-state index in [1.54, 1.807) is 13.8 Å². The summed E-state index contributed by atoms with van der Waals surface area (Å²) < 4.78 is 40.8. The highest BCUT2D eigenvalue weighted by Gasteiger charge is 2.47.